The fourth-order valence-corrected chi connectivity index (χ4v) is 4.07. The van der Waals surface area contributed by atoms with E-state index in [1.807, 2.05) is 0 Å². The number of aromatic carboxylic acids is 1. The lowest BCUT2D eigenvalue weighted by molar-refractivity contribution is -0.116. The number of nitrogens with one attached hydrogen (secondary N) is 1. The molecule has 0 saturated carbocycles. The first-order chi connectivity index (χ1) is 9.35. The molecule has 0 unspecified atom stereocenters. The van der Waals surface area contributed by atoms with Crippen LogP contribution in [0.15, 0.2) is 24.3 Å². The van der Waals surface area contributed by atoms with E-state index in [9.17, 15) is 18.0 Å². The Morgan fingerprint density at radius 3 is 2.40 bits per heavy atom. The largest absolute Gasteiger partial charge is 0.478 e. The van der Waals surface area contributed by atoms with Gasteiger partial charge in [-0.3, -0.25) is 4.79 Å². The minimum absolute atomic E-state index is 0.0678. The molecule has 1 aliphatic rings. The van der Waals surface area contributed by atoms with E-state index in [-0.39, 0.29) is 35.3 Å². The zero-order valence-electron chi connectivity index (χ0n) is 10.7. The number of anilines is 1. The molecule has 0 bridgehead atoms. The first-order valence-corrected chi connectivity index (χ1v) is 8.01. The monoisotopic (exact) mass is 297 g/mol. The van der Waals surface area contributed by atoms with Gasteiger partial charge in [0.25, 0.3) is 0 Å². The number of rotatable bonds is 4. The van der Waals surface area contributed by atoms with Gasteiger partial charge in [-0.15, -0.1) is 0 Å². The van der Waals surface area contributed by atoms with Crippen molar-refractivity contribution in [2.24, 2.45) is 5.92 Å². The smallest absolute Gasteiger partial charge is 0.335 e. The number of sulfone groups is 1. The minimum atomic E-state index is -2.97. The normalized spacial score (nSPS) is 20.5. The molecule has 1 fully saturated rings. The van der Waals surface area contributed by atoms with Crippen molar-refractivity contribution >= 4 is 27.4 Å². The van der Waals surface area contributed by atoms with Crippen molar-refractivity contribution in [2.45, 2.75) is 12.8 Å². The van der Waals surface area contributed by atoms with Gasteiger partial charge in [-0.1, -0.05) is 0 Å². The highest BCUT2D eigenvalue weighted by atomic mass is 32.2. The Labute approximate surface area is 116 Å². The van der Waals surface area contributed by atoms with Crippen LogP contribution >= 0.6 is 0 Å². The number of carbonyl (C=O) groups is 2. The molecule has 2 N–H and O–H groups in total. The maximum absolute atomic E-state index is 11.8. The maximum atomic E-state index is 11.8. The third-order valence-electron chi connectivity index (χ3n) is 3.22. The molecular formula is C13H15NO5S. The van der Waals surface area contributed by atoms with Crippen molar-refractivity contribution in [3.63, 3.8) is 0 Å². The van der Waals surface area contributed by atoms with Crippen molar-refractivity contribution in [2.75, 3.05) is 16.8 Å². The fourth-order valence-electron chi connectivity index (χ4n) is 2.20. The Hall–Kier alpha value is -1.89. The molecule has 7 heteroatoms. The number of carboxylic acid groups (broad SMARTS) is 1. The number of hydrogen-bond donors (Lipinski definition) is 2. The number of benzene rings is 1. The van der Waals surface area contributed by atoms with Crippen LogP contribution < -0.4 is 5.32 Å². The van der Waals surface area contributed by atoms with E-state index < -0.39 is 15.8 Å². The lowest BCUT2D eigenvalue weighted by Gasteiger charge is -2.08. The molecule has 1 aliphatic heterocycles. The Morgan fingerprint density at radius 2 is 1.90 bits per heavy atom. The summed E-state index contributed by atoms with van der Waals surface area (Å²) in [6.45, 7) is 0. The SMILES string of the molecule is O=C(C[C@@H]1CCS(=O)(=O)C1)Nc1ccc(C(=O)O)cc1. The average Bonchev–Trinajstić information content (AvgIpc) is 2.69. The van der Waals surface area contributed by atoms with Crippen LogP contribution in [0.1, 0.15) is 23.2 Å². The zero-order chi connectivity index (χ0) is 14.8. The second-order valence-electron chi connectivity index (χ2n) is 4.90. The van der Waals surface area contributed by atoms with E-state index in [0.29, 0.717) is 12.1 Å². The summed E-state index contributed by atoms with van der Waals surface area (Å²) in [5.41, 5.74) is 0.644. The maximum Gasteiger partial charge on any atom is 0.335 e. The lowest BCUT2D eigenvalue weighted by Crippen LogP contribution is -2.17. The summed E-state index contributed by atoms with van der Waals surface area (Å²) in [7, 11) is -2.97. The van der Waals surface area contributed by atoms with E-state index in [0.717, 1.165) is 0 Å². The first kappa shape index (κ1) is 14.5. The van der Waals surface area contributed by atoms with Gasteiger partial charge in [-0.2, -0.15) is 0 Å². The van der Waals surface area contributed by atoms with Gasteiger partial charge in [0, 0.05) is 12.1 Å². The Balaban J connectivity index is 1.90. The molecule has 0 aromatic heterocycles. The highest BCUT2D eigenvalue weighted by Gasteiger charge is 2.29. The molecule has 0 aliphatic carbocycles. The Morgan fingerprint density at radius 1 is 1.25 bits per heavy atom. The molecule has 108 valence electrons. The first-order valence-electron chi connectivity index (χ1n) is 6.19. The van der Waals surface area contributed by atoms with Gasteiger partial charge >= 0.3 is 5.97 Å². The standard InChI is InChI=1S/C13H15NO5S/c15-12(7-9-5-6-20(18,19)8-9)14-11-3-1-10(2-4-11)13(16)17/h1-4,9H,5-8H2,(H,14,15)(H,16,17)/t9-/m0/s1. The zero-order valence-corrected chi connectivity index (χ0v) is 11.5. The summed E-state index contributed by atoms with van der Waals surface area (Å²) in [4.78, 5) is 22.5. The van der Waals surface area contributed by atoms with Gasteiger partial charge in [0.05, 0.1) is 17.1 Å². The Kier molecular flexibility index (Phi) is 4.08. The third kappa shape index (κ3) is 3.80. The second-order valence-corrected chi connectivity index (χ2v) is 7.13. The fraction of sp³-hybridized carbons (Fsp3) is 0.385. The molecule has 20 heavy (non-hydrogen) atoms. The highest BCUT2D eigenvalue weighted by Crippen LogP contribution is 2.22. The molecule has 1 heterocycles. The molecule has 1 atom stereocenters. The molecular weight excluding hydrogens is 282 g/mol. The molecule has 0 radical (unpaired) electrons. The average molecular weight is 297 g/mol. The predicted octanol–water partition coefficient (Wildman–Crippen LogP) is 1.15. The van der Waals surface area contributed by atoms with Gasteiger partial charge in [0.15, 0.2) is 9.84 Å². The topological polar surface area (TPSA) is 101 Å². The van der Waals surface area contributed by atoms with Gasteiger partial charge < -0.3 is 10.4 Å². The molecule has 1 amide bonds. The number of carbonyl (C=O) groups excluding carboxylic acids is 1. The van der Waals surface area contributed by atoms with Gasteiger partial charge in [0.2, 0.25) is 5.91 Å². The van der Waals surface area contributed by atoms with Crippen molar-refractivity contribution in [3.05, 3.63) is 29.8 Å². The van der Waals surface area contributed by atoms with Gasteiger partial charge in [0.1, 0.15) is 0 Å². The lowest BCUT2D eigenvalue weighted by atomic mass is 10.0. The molecule has 1 saturated heterocycles. The molecule has 1 aromatic carbocycles. The predicted molar refractivity (Wildman–Crippen MR) is 73.4 cm³/mol. The van der Waals surface area contributed by atoms with E-state index in [4.69, 9.17) is 5.11 Å². The van der Waals surface area contributed by atoms with E-state index in [2.05, 4.69) is 5.32 Å². The summed E-state index contributed by atoms with van der Waals surface area (Å²) >= 11 is 0. The number of amides is 1. The summed E-state index contributed by atoms with van der Waals surface area (Å²) in [6, 6.07) is 5.81. The number of hydrogen-bond acceptors (Lipinski definition) is 4. The van der Waals surface area contributed by atoms with Crippen LogP contribution in [0.3, 0.4) is 0 Å². The minimum Gasteiger partial charge on any atom is -0.478 e. The van der Waals surface area contributed by atoms with Crippen molar-refractivity contribution in [3.8, 4) is 0 Å². The molecule has 6 nitrogen and oxygen atoms in total. The van der Waals surface area contributed by atoms with Gasteiger partial charge in [-0.05, 0) is 36.6 Å². The quantitative estimate of drug-likeness (QED) is 0.868. The van der Waals surface area contributed by atoms with Crippen molar-refractivity contribution in [1.82, 2.24) is 0 Å². The van der Waals surface area contributed by atoms with Crippen LogP contribution in [0.5, 0.6) is 0 Å². The van der Waals surface area contributed by atoms with Gasteiger partial charge in [-0.25, -0.2) is 13.2 Å². The second kappa shape index (κ2) is 5.62. The summed E-state index contributed by atoms with van der Waals surface area (Å²) < 4.78 is 22.6. The molecule has 2 rings (SSSR count). The number of carboxylic acids is 1. The highest BCUT2D eigenvalue weighted by molar-refractivity contribution is 7.91. The Bertz CT molecular complexity index is 621. The van der Waals surface area contributed by atoms with Crippen LogP contribution in [0.4, 0.5) is 5.69 Å². The third-order valence-corrected chi connectivity index (χ3v) is 5.05. The van der Waals surface area contributed by atoms with E-state index in [1.54, 1.807) is 0 Å². The molecule has 1 aromatic rings. The summed E-state index contributed by atoms with van der Waals surface area (Å²) in [5.74, 6) is -1.19. The summed E-state index contributed by atoms with van der Waals surface area (Å²) in [6.07, 6.45) is 0.688. The van der Waals surface area contributed by atoms with Crippen LogP contribution in [-0.4, -0.2) is 36.9 Å². The van der Waals surface area contributed by atoms with Crippen LogP contribution in [0, 0.1) is 5.92 Å². The van der Waals surface area contributed by atoms with Crippen LogP contribution in [0.2, 0.25) is 0 Å². The van der Waals surface area contributed by atoms with Crippen molar-refractivity contribution in [1.29, 1.82) is 0 Å². The van der Waals surface area contributed by atoms with Crippen molar-refractivity contribution < 1.29 is 23.1 Å². The van der Waals surface area contributed by atoms with Crippen LogP contribution in [-0.2, 0) is 14.6 Å². The van der Waals surface area contributed by atoms with E-state index in [1.165, 1.54) is 24.3 Å². The molecule has 0 spiro atoms. The van der Waals surface area contributed by atoms with Crippen LogP contribution in [0.25, 0.3) is 0 Å². The van der Waals surface area contributed by atoms with E-state index >= 15 is 0 Å². The summed E-state index contributed by atoms with van der Waals surface area (Å²) in [5, 5.41) is 11.4.